The first-order chi connectivity index (χ1) is 9.54. The molecule has 5 nitrogen and oxygen atoms in total. The molecule has 1 aromatic carbocycles. The van der Waals surface area contributed by atoms with Crippen molar-refractivity contribution in [3.05, 3.63) is 28.8 Å². The number of amides is 1. The van der Waals surface area contributed by atoms with Gasteiger partial charge in [0.25, 0.3) is 5.91 Å². The Morgan fingerprint density at radius 1 is 1.29 bits per heavy atom. The highest BCUT2D eigenvalue weighted by Gasteiger charge is 2.36. The number of nitrogens with two attached hydrogens (primary N) is 1. The molecule has 116 valence electrons. The Labute approximate surface area is 126 Å². The highest BCUT2D eigenvalue weighted by atomic mass is 32.2. The van der Waals surface area contributed by atoms with Crippen LogP contribution in [0.5, 0.6) is 0 Å². The molecule has 0 aromatic heterocycles. The maximum absolute atomic E-state index is 12.8. The zero-order valence-electron chi connectivity index (χ0n) is 12.9. The van der Waals surface area contributed by atoms with Crippen molar-refractivity contribution in [2.75, 3.05) is 6.54 Å². The van der Waals surface area contributed by atoms with Gasteiger partial charge in [-0.1, -0.05) is 0 Å². The molecule has 0 radical (unpaired) electrons. The molecule has 21 heavy (non-hydrogen) atoms. The van der Waals surface area contributed by atoms with Crippen LogP contribution in [-0.2, 0) is 10.0 Å². The van der Waals surface area contributed by atoms with Gasteiger partial charge in [-0.15, -0.1) is 0 Å². The fourth-order valence-corrected chi connectivity index (χ4v) is 3.47. The molecule has 1 aliphatic heterocycles. The minimum atomic E-state index is -3.82. The molecule has 0 bridgehead atoms. The molecule has 2 N–H and O–H groups in total. The zero-order valence-corrected chi connectivity index (χ0v) is 13.8. The lowest BCUT2D eigenvalue weighted by Crippen LogP contribution is -2.43. The van der Waals surface area contributed by atoms with Crippen molar-refractivity contribution in [1.82, 2.24) is 4.90 Å². The third kappa shape index (κ3) is 2.96. The Morgan fingerprint density at radius 3 is 2.38 bits per heavy atom. The Hall–Kier alpha value is -1.40. The number of hydrogen-bond donors (Lipinski definition) is 1. The van der Waals surface area contributed by atoms with Crippen LogP contribution < -0.4 is 5.14 Å². The molecule has 1 amide bonds. The average Bonchev–Trinajstić information content (AvgIpc) is 2.70. The molecule has 1 aromatic rings. The summed E-state index contributed by atoms with van der Waals surface area (Å²) in [4.78, 5) is 14.6. The number of aryl methyl sites for hydroxylation is 1. The van der Waals surface area contributed by atoms with Crippen molar-refractivity contribution in [3.63, 3.8) is 0 Å². The lowest BCUT2D eigenvalue weighted by Gasteiger charge is -2.32. The van der Waals surface area contributed by atoms with E-state index in [4.69, 9.17) is 5.14 Å². The maximum atomic E-state index is 12.8. The highest BCUT2D eigenvalue weighted by Crippen LogP contribution is 2.31. The lowest BCUT2D eigenvalue weighted by molar-refractivity contribution is 0.0651. The predicted molar refractivity (Wildman–Crippen MR) is 81.6 cm³/mol. The van der Waals surface area contributed by atoms with Gasteiger partial charge in [-0.3, -0.25) is 4.79 Å². The van der Waals surface area contributed by atoms with E-state index in [9.17, 15) is 13.2 Å². The summed E-state index contributed by atoms with van der Waals surface area (Å²) < 4.78 is 23.1. The zero-order chi connectivity index (χ0) is 16.0. The fourth-order valence-electron chi connectivity index (χ4n) is 2.84. The number of sulfonamides is 1. The number of carbonyl (C=O) groups is 1. The van der Waals surface area contributed by atoms with E-state index < -0.39 is 10.0 Å². The van der Waals surface area contributed by atoms with Gasteiger partial charge >= 0.3 is 0 Å². The third-order valence-corrected chi connectivity index (χ3v) is 5.24. The molecular formula is C15H22N2O3S. The number of carbonyl (C=O) groups excluding carboxylic acids is 1. The number of nitrogens with zero attached hydrogens (tertiary/aromatic N) is 1. The number of primary sulfonamides is 1. The van der Waals surface area contributed by atoms with Crippen LogP contribution in [0.25, 0.3) is 0 Å². The summed E-state index contributed by atoms with van der Waals surface area (Å²) >= 11 is 0. The van der Waals surface area contributed by atoms with E-state index >= 15 is 0 Å². The van der Waals surface area contributed by atoms with Gasteiger partial charge in [-0.05, 0) is 63.8 Å². The summed E-state index contributed by atoms with van der Waals surface area (Å²) in [5.74, 6) is -0.122. The van der Waals surface area contributed by atoms with Crippen LogP contribution in [0.1, 0.15) is 48.2 Å². The van der Waals surface area contributed by atoms with Gasteiger partial charge in [-0.25, -0.2) is 13.6 Å². The summed E-state index contributed by atoms with van der Waals surface area (Å²) in [5.41, 5.74) is 1.78. The van der Waals surface area contributed by atoms with Crippen LogP contribution in [0.4, 0.5) is 0 Å². The van der Waals surface area contributed by atoms with Crippen LogP contribution in [0.2, 0.25) is 0 Å². The van der Waals surface area contributed by atoms with Crippen LogP contribution in [0.15, 0.2) is 17.0 Å². The molecule has 1 fully saturated rings. The van der Waals surface area contributed by atoms with E-state index in [-0.39, 0.29) is 16.3 Å². The quantitative estimate of drug-likeness (QED) is 0.906. The summed E-state index contributed by atoms with van der Waals surface area (Å²) in [7, 11) is -3.82. The predicted octanol–water partition coefficient (Wildman–Crippen LogP) is 1.97. The van der Waals surface area contributed by atoms with Gasteiger partial charge < -0.3 is 4.90 Å². The lowest BCUT2D eigenvalue weighted by atomic mass is 9.98. The average molecular weight is 310 g/mol. The molecule has 2 rings (SSSR count). The van der Waals surface area contributed by atoms with Gasteiger partial charge in [0.15, 0.2) is 0 Å². The smallest absolute Gasteiger partial charge is 0.254 e. The topological polar surface area (TPSA) is 80.5 Å². The minimum absolute atomic E-state index is 0.00838. The van der Waals surface area contributed by atoms with E-state index in [0.717, 1.165) is 24.0 Å². The third-order valence-electron chi connectivity index (χ3n) is 4.35. The Morgan fingerprint density at radius 2 is 1.90 bits per heavy atom. The van der Waals surface area contributed by atoms with E-state index in [0.29, 0.717) is 12.1 Å². The van der Waals surface area contributed by atoms with E-state index in [1.54, 1.807) is 6.92 Å². The summed E-state index contributed by atoms with van der Waals surface area (Å²) in [6, 6.07) is 2.91. The molecule has 0 saturated carbocycles. The van der Waals surface area contributed by atoms with Crippen molar-refractivity contribution in [3.8, 4) is 0 Å². The van der Waals surface area contributed by atoms with Gasteiger partial charge in [0, 0.05) is 17.6 Å². The molecule has 0 aliphatic carbocycles. The first-order valence-corrected chi connectivity index (χ1v) is 8.55. The first-order valence-electron chi connectivity index (χ1n) is 7.00. The van der Waals surface area contributed by atoms with Crippen LogP contribution >= 0.6 is 0 Å². The minimum Gasteiger partial charge on any atom is -0.334 e. The second-order valence-corrected chi connectivity index (χ2v) is 7.89. The molecule has 1 heterocycles. The summed E-state index contributed by atoms with van der Waals surface area (Å²) in [6.07, 6.45) is 1.91. The fraction of sp³-hybridized carbons (Fsp3) is 0.533. The standard InChI is InChI=1S/C15H22N2O3S/c1-10-8-12(21(16,19)20)9-13(11(10)2)14(18)17-7-5-6-15(17,3)4/h8-9H,5-7H2,1-4H3,(H2,16,19,20). The second-order valence-electron chi connectivity index (χ2n) is 6.33. The molecule has 0 atom stereocenters. The maximum Gasteiger partial charge on any atom is 0.254 e. The van der Waals surface area contributed by atoms with E-state index in [1.807, 2.05) is 25.7 Å². The van der Waals surface area contributed by atoms with Gasteiger partial charge in [0.2, 0.25) is 10.0 Å². The molecule has 0 spiro atoms. The van der Waals surface area contributed by atoms with Crippen LogP contribution in [-0.4, -0.2) is 31.3 Å². The van der Waals surface area contributed by atoms with Crippen molar-refractivity contribution >= 4 is 15.9 Å². The molecule has 6 heteroatoms. The van der Waals surface area contributed by atoms with Crippen LogP contribution in [0.3, 0.4) is 0 Å². The number of hydrogen-bond acceptors (Lipinski definition) is 3. The summed E-state index contributed by atoms with van der Waals surface area (Å²) in [6.45, 7) is 8.38. The van der Waals surface area contributed by atoms with Gasteiger partial charge in [0.05, 0.1) is 4.90 Å². The van der Waals surface area contributed by atoms with Crippen molar-refractivity contribution in [1.29, 1.82) is 0 Å². The van der Waals surface area contributed by atoms with Crippen LogP contribution in [0, 0.1) is 13.8 Å². The monoisotopic (exact) mass is 310 g/mol. The molecular weight excluding hydrogens is 288 g/mol. The number of benzene rings is 1. The molecule has 0 unspecified atom stereocenters. The van der Waals surface area contributed by atoms with E-state index in [2.05, 4.69) is 0 Å². The Balaban J connectivity index is 2.53. The van der Waals surface area contributed by atoms with Crippen molar-refractivity contribution < 1.29 is 13.2 Å². The number of likely N-dealkylation sites (tertiary alicyclic amines) is 1. The van der Waals surface area contributed by atoms with Gasteiger partial charge in [0.1, 0.15) is 0 Å². The molecule has 1 aliphatic rings. The Kier molecular flexibility index (Phi) is 3.88. The number of rotatable bonds is 2. The van der Waals surface area contributed by atoms with Gasteiger partial charge in [-0.2, -0.15) is 0 Å². The second kappa shape index (κ2) is 5.10. The van der Waals surface area contributed by atoms with Crippen molar-refractivity contribution in [2.24, 2.45) is 5.14 Å². The Bertz CT molecular complexity index is 693. The van der Waals surface area contributed by atoms with E-state index in [1.165, 1.54) is 12.1 Å². The van der Waals surface area contributed by atoms with Crippen molar-refractivity contribution in [2.45, 2.75) is 51.0 Å². The normalized spacial score (nSPS) is 18.0. The largest absolute Gasteiger partial charge is 0.334 e. The SMILES string of the molecule is Cc1cc(S(N)(=O)=O)cc(C(=O)N2CCCC2(C)C)c1C. The molecule has 1 saturated heterocycles. The first kappa shape index (κ1) is 16.0. The highest BCUT2D eigenvalue weighted by molar-refractivity contribution is 7.89. The summed E-state index contributed by atoms with van der Waals surface area (Å²) in [5, 5.41) is 5.20.